The molecule has 1 heterocycles. The lowest BCUT2D eigenvalue weighted by molar-refractivity contribution is 0.414. The first kappa shape index (κ1) is 11.4. The summed E-state index contributed by atoms with van der Waals surface area (Å²) in [5.41, 5.74) is 7.36. The molecule has 0 amide bonds. The van der Waals surface area contributed by atoms with Crippen molar-refractivity contribution in [3.63, 3.8) is 0 Å². The van der Waals surface area contributed by atoms with Crippen LogP contribution in [-0.4, -0.2) is 17.1 Å². The van der Waals surface area contributed by atoms with Gasteiger partial charge in [-0.25, -0.2) is 9.97 Å². The van der Waals surface area contributed by atoms with E-state index in [-0.39, 0.29) is 0 Å². The van der Waals surface area contributed by atoms with Gasteiger partial charge < -0.3 is 10.5 Å². The minimum atomic E-state index is 0.596. The van der Waals surface area contributed by atoms with Crippen LogP contribution in [0.3, 0.4) is 0 Å². The van der Waals surface area contributed by atoms with Crippen molar-refractivity contribution in [1.29, 1.82) is 0 Å². The van der Waals surface area contributed by atoms with E-state index in [2.05, 4.69) is 22.1 Å². The lowest BCUT2D eigenvalue weighted by Crippen LogP contribution is -1.99. The van der Waals surface area contributed by atoms with Gasteiger partial charge in [0.1, 0.15) is 11.6 Å². The molecule has 0 spiro atoms. The number of nitrogen functional groups attached to an aromatic ring is 1. The second-order valence-corrected chi connectivity index (χ2v) is 3.78. The Bertz CT molecular complexity index is 465. The van der Waals surface area contributed by atoms with Crippen molar-refractivity contribution in [2.24, 2.45) is 0 Å². The number of aromatic nitrogens is 2. The molecule has 1 aromatic carbocycles. The summed E-state index contributed by atoms with van der Waals surface area (Å²) in [6.07, 6.45) is 4.99. The van der Waals surface area contributed by atoms with Crippen molar-refractivity contribution in [3.05, 3.63) is 48.0 Å². The predicted molar refractivity (Wildman–Crippen MR) is 66.8 cm³/mol. The lowest BCUT2D eigenvalue weighted by atomic mass is 10.1. The molecule has 4 heteroatoms. The second-order valence-electron chi connectivity index (χ2n) is 3.78. The van der Waals surface area contributed by atoms with Crippen LogP contribution in [-0.2, 0) is 12.8 Å². The van der Waals surface area contributed by atoms with Gasteiger partial charge in [0.25, 0.3) is 0 Å². The van der Waals surface area contributed by atoms with Gasteiger partial charge in [-0.15, -0.1) is 0 Å². The Morgan fingerprint density at radius 2 is 1.71 bits per heavy atom. The first-order chi connectivity index (χ1) is 8.28. The summed E-state index contributed by atoms with van der Waals surface area (Å²) in [7, 11) is 1.66. The highest BCUT2D eigenvalue weighted by molar-refractivity contribution is 5.30. The van der Waals surface area contributed by atoms with Gasteiger partial charge in [-0.2, -0.15) is 0 Å². The molecule has 0 bridgehead atoms. The molecule has 0 aliphatic carbocycles. The van der Waals surface area contributed by atoms with E-state index in [1.807, 2.05) is 12.1 Å². The van der Waals surface area contributed by atoms with Gasteiger partial charge in [0.2, 0.25) is 0 Å². The zero-order valence-corrected chi connectivity index (χ0v) is 9.76. The summed E-state index contributed by atoms with van der Waals surface area (Å²) >= 11 is 0. The van der Waals surface area contributed by atoms with E-state index in [4.69, 9.17) is 10.5 Å². The van der Waals surface area contributed by atoms with Crippen LogP contribution in [0.5, 0.6) is 5.75 Å². The molecule has 0 saturated heterocycles. The van der Waals surface area contributed by atoms with Gasteiger partial charge in [0, 0.05) is 6.42 Å². The number of anilines is 1. The summed E-state index contributed by atoms with van der Waals surface area (Å²) in [6.45, 7) is 0. The van der Waals surface area contributed by atoms with Crippen molar-refractivity contribution in [1.82, 2.24) is 9.97 Å². The van der Waals surface area contributed by atoms with Crippen LogP contribution in [0.15, 0.2) is 36.7 Å². The van der Waals surface area contributed by atoms with E-state index >= 15 is 0 Å². The molecule has 0 fully saturated rings. The molecule has 0 aliphatic rings. The molecule has 1 aromatic heterocycles. The standard InChI is InChI=1S/C13H15N3O/c1-17-12-5-2-10(3-6-12)4-7-13-15-8-11(14)9-16-13/h2-3,5-6,8-9H,4,7,14H2,1H3. The summed E-state index contributed by atoms with van der Waals surface area (Å²) in [4.78, 5) is 8.33. The number of nitrogens with two attached hydrogens (primary N) is 1. The lowest BCUT2D eigenvalue weighted by Gasteiger charge is -2.03. The van der Waals surface area contributed by atoms with Crippen LogP contribution in [0.25, 0.3) is 0 Å². The average molecular weight is 229 g/mol. The van der Waals surface area contributed by atoms with E-state index in [0.717, 1.165) is 24.4 Å². The first-order valence-corrected chi connectivity index (χ1v) is 5.47. The van der Waals surface area contributed by atoms with Gasteiger partial charge in [-0.1, -0.05) is 12.1 Å². The highest BCUT2D eigenvalue weighted by Gasteiger charge is 1.99. The molecule has 0 radical (unpaired) electrons. The van der Waals surface area contributed by atoms with Crippen LogP contribution < -0.4 is 10.5 Å². The van der Waals surface area contributed by atoms with Crippen molar-refractivity contribution in [3.8, 4) is 5.75 Å². The molecule has 0 aliphatic heterocycles. The van der Waals surface area contributed by atoms with Crippen LogP contribution in [0, 0.1) is 0 Å². The molecule has 4 nitrogen and oxygen atoms in total. The number of ether oxygens (including phenoxy) is 1. The van der Waals surface area contributed by atoms with E-state index in [1.54, 1.807) is 19.5 Å². The van der Waals surface area contributed by atoms with Crippen LogP contribution in [0.2, 0.25) is 0 Å². The van der Waals surface area contributed by atoms with E-state index in [9.17, 15) is 0 Å². The highest BCUT2D eigenvalue weighted by Crippen LogP contribution is 2.12. The second kappa shape index (κ2) is 5.30. The quantitative estimate of drug-likeness (QED) is 0.869. The maximum Gasteiger partial charge on any atom is 0.128 e. The van der Waals surface area contributed by atoms with Gasteiger partial charge in [0.05, 0.1) is 25.2 Å². The normalized spacial score (nSPS) is 10.2. The van der Waals surface area contributed by atoms with E-state index < -0.39 is 0 Å². The monoisotopic (exact) mass is 229 g/mol. The smallest absolute Gasteiger partial charge is 0.128 e. The Balaban J connectivity index is 1.95. The van der Waals surface area contributed by atoms with Gasteiger partial charge >= 0.3 is 0 Å². The van der Waals surface area contributed by atoms with Crippen molar-refractivity contribution in [2.45, 2.75) is 12.8 Å². The number of aryl methyl sites for hydroxylation is 2. The number of hydrogen-bond acceptors (Lipinski definition) is 4. The maximum atomic E-state index is 5.53. The minimum absolute atomic E-state index is 0.596. The third-order valence-corrected chi connectivity index (χ3v) is 2.52. The Morgan fingerprint density at radius 3 is 2.29 bits per heavy atom. The van der Waals surface area contributed by atoms with Crippen molar-refractivity contribution in [2.75, 3.05) is 12.8 Å². The van der Waals surface area contributed by atoms with Crippen LogP contribution in [0.4, 0.5) is 5.69 Å². The first-order valence-electron chi connectivity index (χ1n) is 5.47. The van der Waals surface area contributed by atoms with Crippen molar-refractivity contribution >= 4 is 5.69 Å². The zero-order chi connectivity index (χ0) is 12.1. The molecule has 2 N–H and O–H groups in total. The van der Waals surface area contributed by atoms with Gasteiger partial charge in [-0.05, 0) is 24.1 Å². The maximum absolute atomic E-state index is 5.53. The molecule has 0 saturated carbocycles. The third kappa shape index (κ3) is 3.17. The molecule has 88 valence electrons. The molecular weight excluding hydrogens is 214 g/mol. The molecule has 2 rings (SSSR count). The highest BCUT2D eigenvalue weighted by atomic mass is 16.5. The Labute approximate surface area is 100 Å². The molecule has 17 heavy (non-hydrogen) atoms. The number of nitrogens with zero attached hydrogens (tertiary/aromatic N) is 2. The fourth-order valence-electron chi connectivity index (χ4n) is 1.54. The SMILES string of the molecule is COc1ccc(CCc2ncc(N)cn2)cc1. The summed E-state index contributed by atoms with van der Waals surface area (Å²) in [5, 5.41) is 0. The van der Waals surface area contributed by atoms with Crippen molar-refractivity contribution < 1.29 is 4.74 Å². The van der Waals surface area contributed by atoms with Crippen LogP contribution in [0.1, 0.15) is 11.4 Å². The molecule has 0 unspecified atom stereocenters. The number of benzene rings is 1. The van der Waals surface area contributed by atoms with Gasteiger partial charge in [-0.3, -0.25) is 0 Å². The Hall–Kier alpha value is -2.10. The Morgan fingerprint density at radius 1 is 1.06 bits per heavy atom. The third-order valence-electron chi connectivity index (χ3n) is 2.52. The number of hydrogen-bond donors (Lipinski definition) is 1. The van der Waals surface area contributed by atoms with E-state index in [0.29, 0.717) is 5.69 Å². The minimum Gasteiger partial charge on any atom is -0.497 e. The summed E-state index contributed by atoms with van der Waals surface area (Å²) in [5.74, 6) is 1.69. The largest absolute Gasteiger partial charge is 0.497 e. The molecule has 2 aromatic rings. The fourth-order valence-corrected chi connectivity index (χ4v) is 1.54. The average Bonchev–Trinajstić information content (AvgIpc) is 2.39. The Kier molecular flexibility index (Phi) is 3.55. The van der Waals surface area contributed by atoms with Gasteiger partial charge in [0.15, 0.2) is 0 Å². The topological polar surface area (TPSA) is 61.0 Å². The van der Waals surface area contributed by atoms with Crippen LogP contribution >= 0.6 is 0 Å². The summed E-state index contributed by atoms with van der Waals surface area (Å²) in [6, 6.07) is 8.02. The fraction of sp³-hybridized carbons (Fsp3) is 0.231. The predicted octanol–water partition coefficient (Wildman–Crippen LogP) is 1.85. The molecular formula is C13H15N3O. The summed E-state index contributed by atoms with van der Waals surface area (Å²) < 4.78 is 5.11. The number of methoxy groups -OCH3 is 1. The zero-order valence-electron chi connectivity index (χ0n) is 9.76. The van der Waals surface area contributed by atoms with E-state index in [1.165, 1.54) is 5.56 Å². The number of rotatable bonds is 4. The molecule has 0 atom stereocenters.